The molecule has 0 radical (unpaired) electrons. The van der Waals surface area contributed by atoms with Crippen molar-refractivity contribution >= 4 is 0 Å². The maximum Gasteiger partial charge on any atom is 0.118 e. The molecule has 0 aromatic rings. The van der Waals surface area contributed by atoms with Gasteiger partial charge in [-0.2, -0.15) is 0 Å². The fourth-order valence-corrected chi connectivity index (χ4v) is 0.853. The Morgan fingerprint density at radius 2 is 2.25 bits per heavy atom. The predicted octanol–water partition coefficient (Wildman–Crippen LogP) is 1.52. The lowest BCUT2D eigenvalue weighted by molar-refractivity contribution is 0.326. The van der Waals surface area contributed by atoms with E-state index in [1.165, 1.54) is 0 Å². The Labute approximate surface area is 48.8 Å². The molecule has 2 atom stereocenters. The summed E-state index contributed by atoms with van der Waals surface area (Å²) in [6.07, 6.45) is 2.33. The Bertz CT molecular complexity index is 74.9. The van der Waals surface area contributed by atoms with Gasteiger partial charge in [0.1, 0.15) is 12.8 Å². The first-order chi connectivity index (χ1) is 3.88. The van der Waals surface area contributed by atoms with Crippen LogP contribution in [-0.4, -0.2) is 18.9 Å². The van der Waals surface area contributed by atoms with E-state index in [1.807, 2.05) is 0 Å². The van der Waals surface area contributed by atoms with Crippen LogP contribution in [0.25, 0.3) is 0 Å². The third-order valence-corrected chi connectivity index (χ3v) is 1.41. The topological polar surface area (TPSA) is 12.5 Å². The van der Waals surface area contributed by atoms with Crippen molar-refractivity contribution in [2.24, 2.45) is 0 Å². The van der Waals surface area contributed by atoms with E-state index in [0.717, 1.165) is 12.8 Å². The van der Waals surface area contributed by atoms with E-state index in [0.29, 0.717) is 0 Å². The molecular formula is C6H11FO. The number of hydrogen-bond acceptors (Lipinski definition) is 1. The Hall–Kier alpha value is -0.110. The van der Waals surface area contributed by atoms with Crippen LogP contribution in [0.2, 0.25) is 0 Å². The summed E-state index contributed by atoms with van der Waals surface area (Å²) in [4.78, 5) is 0. The summed E-state index contributed by atoms with van der Waals surface area (Å²) in [5, 5.41) is 0. The van der Waals surface area contributed by atoms with Crippen molar-refractivity contribution in [3.05, 3.63) is 0 Å². The third kappa shape index (κ3) is 1.19. The van der Waals surface area contributed by atoms with E-state index in [-0.39, 0.29) is 18.9 Å². The van der Waals surface area contributed by atoms with Crippen LogP contribution in [-0.2, 0) is 4.74 Å². The Morgan fingerprint density at radius 3 is 2.62 bits per heavy atom. The van der Waals surface area contributed by atoms with Gasteiger partial charge in [0, 0.05) is 0 Å². The van der Waals surface area contributed by atoms with Crippen molar-refractivity contribution in [2.75, 3.05) is 6.67 Å². The SMILES string of the molecule is CCCC1OC1CF. The molecule has 0 aromatic carbocycles. The van der Waals surface area contributed by atoms with Crippen LogP contribution in [0.3, 0.4) is 0 Å². The van der Waals surface area contributed by atoms with Crippen molar-refractivity contribution in [3.63, 3.8) is 0 Å². The van der Waals surface area contributed by atoms with Gasteiger partial charge in [0.25, 0.3) is 0 Å². The highest BCUT2D eigenvalue weighted by molar-refractivity contribution is 4.83. The molecule has 1 saturated heterocycles. The van der Waals surface area contributed by atoms with Crippen LogP contribution in [0.15, 0.2) is 0 Å². The van der Waals surface area contributed by atoms with E-state index in [4.69, 9.17) is 4.74 Å². The molecule has 1 heterocycles. The summed E-state index contributed by atoms with van der Waals surface area (Å²) < 4.78 is 16.6. The van der Waals surface area contributed by atoms with Crippen molar-refractivity contribution in [2.45, 2.75) is 32.0 Å². The van der Waals surface area contributed by atoms with Crippen LogP contribution >= 0.6 is 0 Å². The monoisotopic (exact) mass is 118 g/mol. The number of alkyl halides is 1. The number of hydrogen-bond donors (Lipinski definition) is 0. The normalized spacial score (nSPS) is 35.2. The first-order valence-electron chi connectivity index (χ1n) is 3.10. The molecule has 2 heteroatoms. The largest absolute Gasteiger partial charge is 0.367 e. The molecule has 0 N–H and O–H groups in total. The summed E-state index contributed by atoms with van der Waals surface area (Å²) in [6.45, 7) is 1.78. The maximum atomic E-state index is 11.6. The zero-order valence-electron chi connectivity index (χ0n) is 5.06. The standard InChI is InChI=1S/C6H11FO/c1-2-3-5-6(4-7)8-5/h5-6H,2-4H2,1H3. The lowest BCUT2D eigenvalue weighted by Crippen LogP contribution is -1.93. The second-order valence-electron chi connectivity index (χ2n) is 2.16. The maximum absolute atomic E-state index is 11.6. The molecule has 0 bridgehead atoms. The molecule has 0 saturated carbocycles. The summed E-state index contributed by atoms with van der Waals surface area (Å²) in [5.41, 5.74) is 0. The molecule has 0 spiro atoms. The van der Waals surface area contributed by atoms with E-state index in [9.17, 15) is 4.39 Å². The van der Waals surface area contributed by atoms with Gasteiger partial charge < -0.3 is 4.74 Å². The molecule has 1 rings (SSSR count). The molecule has 1 fully saturated rings. The summed E-state index contributed by atoms with van der Waals surface area (Å²) in [7, 11) is 0. The smallest absolute Gasteiger partial charge is 0.118 e. The number of halogens is 1. The van der Waals surface area contributed by atoms with Gasteiger partial charge in [-0.25, -0.2) is 4.39 Å². The molecule has 0 aromatic heterocycles. The molecule has 0 amide bonds. The predicted molar refractivity (Wildman–Crippen MR) is 29.5 cm³/mol. The molecule has 48 valence electrons. The first-order valence-corrected chi connectivity index (χ1v) is 3.10. The van der Waals surface area contributed by atoms with Gasteiger partial charge in [0.2, 0.25) is 0 Å². The van der Waals surface area contributed by atoms with E-state index < -0.39 is 0 Å². The average molecular weight is 118 g/mol. The number of epoxide rings is 1. The molecule has 0 aliphatic carbocycles. The van der Waals surface area contributed by atoms with Crippen molar-refractivity contribution < 1.29 is 9.13 Å². The highest BCUT2D eigenvalue weighted by Gasteiger charge is 2.37. The fourth-order valence-electron chi connectivity index (χ4n) is 0.853. The van der Waals surface area contributed by atoms with Gasteiger partial charge >= 0.3 is 0 Å². The average Bonchev–Trinajstić information content (AvgIpc) is 2.48. The van der Waals surface area contributed by atoms with Crippen LogP contribution in [0, 0.1) is 0 Å². The van der Waals surface area contributed by atoms with Gasteiger partial charge in [0.05, 0.1) is 6.10 Å². The Morgan fingerprint density at radius 1 is 1.50 bits per heavy atom. The van der Waals surface area contributed by atoms with Crippen LogP contribution < -0.4 is 0 Å². The summed E-state index contributed by atoms with van der Waals surface area (Å²) in [6, 6.07) is 0. The van der Waals surface area contributed by atoms with Crippen molar-refractivity contribution in [1.82, 2.24) is 0 Å². The van der Waals surface area contributed by atoms with E-state index in [1.54, 1.807) is 0 Å². The minimum atomic E-state index is -0.301. The van der Waals surface area contributed by atoms with Crippen molar-refractivity contribution in [3.8, 4) is 0 Å². The third-order valence-electron chi connectivity index (χ3n) is 1.41. The molecule has 2 unspecified atom stereocenters. The highest BCUT2D eigenvalue weighted by Crippen LogP contribution is 2.26. The fraction of sp³-hybridized carbons (Fsp3) is 1.00. The molecule has 1 aliphatic heterocycles. The second-order valence-corrected chi connectivity index (χ2v) is 2.16. The lowest BCUT2D eigenvalue weighted by atomic mass is 10.2. The zero-order chi connectivity index (χ0) is 5.98. The molecule has 1 nitrogen and oxygen atoms in total. The minimum Gasteiger partial charge on any atom is -0.367 e. The molecule has 8 heavy (non-hydrogen) atoms. The van der Waals surface area contributed by atoms with Crippen LogP contribution in [0.5, 0.6) is 0 Å². The van der Waals surface area contributed by atoms with Crippen molar-refractivity contribution in [1.29, 1.82) is 0 Å². The van der Waals surface area contributed by atoms with E-state index in [2.05, 4.69) is 6.92 Å². The summed E-state index contributed by atoms with van der Waals surface area (Å²) >= 11 is 0. The van der Waals surface area contributed by atoms with Gasteiger partial charge in [-0.3, -0.25) is 0 Å². The van der Waals surface area contributed by atoms with Gasteiger partial charge in [0.15, 0.2) is 0 Å². The van der Waals surface area contributed by atoms with Gasteiger partial charge in [-0.05, 0) is 6.42 Å². The first kappa shape index (κ1) is 6.02. The summed E-state index contributed by atoms with van der Waals surface area (Å²) in [5.74, 6) is 0. The lowest BCUT2D eigenvalue weighted by Gasteiger charge is -1.83. The minimum absolute atomic E-state index is 0.0463. The second kappa shape index (κ2) is 2.44. The quantitative estimate of drug-likeness (QED) is 0.512. The van der Waals surface area contributed by atoms with Gasteiger partial charge in [-0.15, -0.1) is 0 Å². The van der Waals surface area contributed by atoms with Gasteiger partial charge in [-0.1, -0.05) is 13.3 Å². The van der Waals surface area contributed by atoms with Crippen LogP contribution in [0.4, 0.5) is 4.39 Å². The van der Waals surface area contributed by atoms with Crippen LogP contribution in [0.1, 0.15) is 19.8 Å². The number of ether oxygens (including phenoxy) is 1. The Balaban J connectivity index is 1.99. The molecular weight excluding hydrogens is 107 g/mol. The zero-order valence-corrected chi connectivity index (χ0v) is 5.06. The Kier molecular flexibility index (Phi) is 1.84. The molecule has 1 aliphatic rings. The van der Waals surface area contributed by atoms with E-state index >= 15 is 0 Å². The number of rotatable bonds is 3. The highest BCUT2D eigenvalue weighted by atomic mass is 19.1.